The number of nitrogens with one attached hydrogen (secondary N) is 1. The average Bonchev–Trinajstić information content (AvgIpc) is 3.53. The number of amides is 1. The quantitative estimate of drug-likeness (QED) is 0.523. The Bertz CT molecular complexity index is 1220. The summed E-state index contributed by atoms with van der Waals surface area (Å²) in [5, 5.41) is 7.47. The van der Waals surface area contributed by atoms with Crippen LogP contribution in [0.15, 0.2) is 53.8 Å². The zero-order valence-electron chi connectivity index (χ0n) is 23.0. The highest BCUT2D eigenvalue weighted by Gasteiger charge is 2.68. The number of rotatable bonds is 7. The van der Waals surface area contributed by atoms with Gasteiger partial charge in [-0.2, -0.15) is 0 Å². The van der Waals surface area contributed by atoms with Gasteiger partial charge in [-0.1, -0.05) is 63.2 Å². The molecule has 7 rings (SSSR count). The van der Waals surface area contributed by atoms with E-state index in [1.54, 1.807) is 6.20 Å². The zero-order valence-corrected chi connectivity index (χ0v) is 23.0. The van der Waals surface area contributed by atoms with Gasteiger partial charge in [0.1, 0.15) is 0 Å². The van der Waals surface area contributed by atoms with Crippen LogP contribution in [0.2, 0.25) is 0 Å². The topological polar surface area (TPSA) is 82.0 Å². The minimum absolute atomic E-state index is 0.0857. The van der Waals surface area contributed by atoms with E-state index < -0.39 is 13.2 Å². The van der Waals surface area contributed by atoms with Crippen molar-refractivity contribution in [3.8, 4) is 11.3 Å². The fourth-order valence-corrected chi connectivity index (χ4v) is 7.15. The van der Waals surface area contributed by atoms with Crippen molar-refractivity contribution in [3.63, 3.8) is 0 Å². The molecule has 6 atom stereocenters. The van der Waals surface area contributed by atoms with Gasteiger partial charge in [-0.3, -0.25) is 9.78 Å². The van der Waals surface area contributed by atoms with Crippen LogP contribution in [0.3, 0.4) is 0 Å². The molecule has 1 aromatic heterocycles. The number of hydrogen-bond donors (Lipinski definition) is 1. The molecule has 8 heteroatoms. The van der Waals surface area contributed by atoms with Gasteiger partial charge in [-0.05, 0) is 67.1 Å². The summed E-state index contributed by atoms with van der Waals surface area (Å²) in [5.74, 6) is 1.14. The molecule has 1 amide bonds. The number of nitrogens with zero attached hydrogens (tertiary/aromatic N) is 2. The van der Waals surface area contributed by atoms with Gasteiger partial charge < -0.3 is 19.5 Å². The van der Waals surface area contributed by atoms with E-state index in [0.29, 0.717) is 24.2 Å². The third-order valence-corrected chi connectivity index (χ3v) is 9.49. The summed E-state index contributed by atoms with van der Waals surface area (Å²) >= 11 is 0. The molecule has 1 N–H and O–H groups in total. The Morgan fingerprint density at radius 1 is 1.11 bits per heavy atom. The van der Waals surface area contributed by atoms with E-state index in [4.69, 9.17) is 14.1 Å². The van der Waals surface area contributed by atoms with Crippen LogP contribution >= 0.6 is 0 Å². The standard InChI is InChI=1S/C30H38BN3O4/c1-18(2)14-27(31-36-26-16-21-15-25(29(21,3)4)30(26,5)38-31)33-28(35)24-17-23(34-37-24)20-11-9-19(10-12-20)22-8-6-7-13-32-22/h6-13,18,21,24-27H,14-17H2,1-5H3,(H,33,35)/t21-,24?,25-,26+,27-,30-/m0/s1. The molecule has 3 saturated carbocycles. The van der Waals surface area contributed by atoms with Crippen molar-refractivity contribution in [2.75, 3.05) is 0 Å². The number of oxime groups is 1. The van der Waals surface area contributed by atoms with Crippen LogP contribution in [0, 0.1) is 23.2 Å². The molecule has 0 radical (unpaired) electrons. The molecule has 4 fully saturated rings. The van der Waals surface area contributed by atoms with Crippen LogP contribution in [0.25, 0.3) is 11.3 Å². The largest absolute Gasteiger partial charge is 0.481 e. The Kier molecular flexibility index (Phi) is 6.38. The molecule has 3 aliphatic carbocycles. The van der Waals surface area contributed by atoms with Crippen molar-refractivity contribution < 1.29 is 18.9 Å². The second-order valence-corrected chi connectivity index (χ2v) is 12.7. The van der Waals surface area contributed by atoms with Crippen LogP contribution < -0.4 is 5.32 Å². The van der Waals surface area contributed by atoms with Gasteiger partial charge in [0.05, 0.1) is 29.1 Å². The van der Waals surface area contributed by atoms with Crippen LogP contribution in [-0.4, -0.2) is 47.5 Å². The van der Waals surface area contributed by atoms with Crippen molar-refractivity contribution in [2.45, 2.75) is 84.1 Å². The fraction of sp³-hybridized carbons (Fsp3) is 0.567. The van der Waals surface area contributed by atoms with Gasteiger partial charge >= 0.3 is 7.12 Å². The van der Waals surface area contributed by atoms with E-state index in [1.165, 1.54) is 6.42 Å². The van der Waals surface area contributed by atoms with E-state index in [1.807, 2.05) is 42.5 Å². The average molecular weight is 515 g/mol. The maximum Gasteiger partial charge on any atom is 0.481 e. The van der Waals surface area contributed by atoms with E-state index in [0.717, 1.165) is 35.4 Å². The second kappa shape index (κ2) is 9.49. The number of hydrogen-bond acceptors (Lipinski definition) is 6. The fourth-order valence-electron chi connectivity index (χ4n) is 7.15. The predicted molar refractivity (Wildman–Crippen MR) is 147 cm³/mol. The summed E-state index contributed by atoms with van der Waals surface area (Å²) in [4.78, 5) is 23.4. The second-order valence-electron chi connectivity index (χ2n) is 12.7. The lowest BCUT2D eigenvalue weighted by molar-refractivity contribution is -0.199. The molecule has 1 aromatic carbocycles. The lowest BCUT2D eigenvalue weighted by Gasteiger charge is -2.64. The summed E-state index contributed by atoms with van der Waals surface area (Å²) in [7, 11) is -0.451. The monoisotopic (exact) mass is 515 g/mol. The van der Waals surface area contributed by atoms with Gasteiger partial charge in [0.25, 0.3) is 5.91 Å². The van der Waals surface area contributed by atoms with Crippen molar-refractivity contribution >= 4 is 18.7 Å². The van der Waals surface area contributed by atoms with Gasteiger partial charge in [0, 0.05) is 18.2 Å². The van der Waals surface area contributed by atoms with E-state index in [2.05, 4.69) is 50.1 Å². The van der Waals surface area contributed by atoms with Crippen LogP contribution in [-0.2, 0) is 18.9 Å². The van der Waals surface area contributed by atoms with E-state index in [-0.39, 0.29) is 29.0 Å². The summed E-state index contributed by atoms with van der Waals surface area (Å²) in [6, 6.07) is 13.9. The van der Waals surface area contributed by atoms with Crippen LogP contribution in [0.1, 0.15) is 65.9 Å². The summed E-state index contributed by atoms with van der Waals surface area (Å²) in [5.41, 5.74) is 3.65. The van der Waals surface area contributed by atoms with Gasteiger partial charge in [-0.25, -0.2) is 0 Å². The van der Waals surface area contributed by atoms with E-state index >= 15 is 0 Å². The molecule has 3 heterocycles. The van der Waals surface area contributed by atoms with Crippen molar-refractivity contribution in [3.05, 3.63) is 54.2 Å². The molecule has 1 unspecified atom stereocenters. The highest BCUT2D eigenvalue weighted by atomic mass is 16.7. The third-order valence-electron chi connectivity index (χ3n) is 9.49. The lowest BCUT2D eigenvalue weighted by atomic mass is 9.43. The Labute approximate surface area is 225 Å². The molecular weight excluding hydrogens is 477 g/mol. The van der Waals surface area contributed by atoms with Crippen LogP contribution in [0.5, 0.6) is 0 Å². The molecule has 5 aliphatic rings. The maximum absolute atomic E-state index is 13.4. The molecular formula is C30H38BN3O4. The van der Waals surface area contributed by atoms with E-state index in [9.17, 15) is 4.79 Å². The van der Waals surface area contributed by atoms with Gasteiger partial charge in [0.2, 0.25) is 6.10 Å². The van der Waals surface area contributed by atoms with Crippen molar-refractivity contribution in [2.24, 2.45) is 28.3 Å². The Morgan fingerprint density at radius 2 is 1.87 bits per heavy atom. The van der Waals surface area contributed by atoms with Crippen molar-refractivity contribution in [1.29, 1.82) is 0 Å². The maximum atomic E-state index is 13.4. The molecule has 2 aliphatic heterocycles. The predicted octanol–water partition coefficient (Wildman–Crippen LogP) is 5.04. The Hall–Kier alpha value is -2.71. The normalized spacial score (nSPS) is 31.7. The smallest absolute Gasteiger partial charge is 0.404 e. The molecule has 0 spiro atoms. The summed E-state index contributed by atoms with van der Waals surface area (Å²) in [6.45, 7) is 11.2. The first-order valence-electron chi connectivity index (χ1n) is 14.0. The molecule has 38 heavy (non-hydrogen) atoms. The number of carbonyl (C=O) groups excluding carboxylic acids is 1. The first kappa shape index (κ1) is 25.6. The first-order valence-corrected chi connectivity index (χ1v) is 14.0. The molecule has 1 saturated heterocycles. The molecule has 2 bridgehead atoms. The van der Waals surface area contributed by atoms with Crippen LogP contribution in [0.4, 0.5) is 0 Å². The summed E-state index contributed by atoms with van der Waals surface area (Å²) < 4.78 is 13.2. The van der Waals surface area contributed by atoms with Crippen molar-refractivity contribution in [1.82, 2.24) is 10.3 Å². The minimum atomic E-state index is -0.666. The third kappa shape index (κ3) is 4.36. The molecule has 2 aromatic rings. The lowest BCUT2D eigenvalue weighted by Crippen LogP contribution is -2.65. The number of pyridine rings is 1. The minimum Gasteiger partial charge on any atom is -0.404 e. The number of carbonyl (C=O) groups is 1. The first-order chi connectivity index (χ1) is 18.1. The van der Waals surface area contributed by atoms with Gasteiger partial charge in [-0.15, -0.1) is 0 Å². The zero-order chi connectivity index (χ0) is 26.7. The number of benzene rings is 1. The highest BCUT2D eigenvalue weighted by Crippen LogP contribution is 2.65. The Morgan fingerprint density at radius 3 is 2.55 bits per heavy atom. The molecule has 200 valence electrons. The number of aromatic nitrogens is 1. The van der Waals surface area contributed by atoms with Gasteiger partial charge in [0.15, 0.2) is 0 Å². The Balaban J connectivity index is 1.10. The SMILES string of the molecule is CC(C)C[C@H](NC(=O)C1CC(c2ccc(-c3ccccn3)cc2)=NO1)B1O[C@@H]2C[C@@H]3C[C@@H](C3(C)C)[C@]2(C)O1. The summed E-state index contributed by atoms with van der Waals surface area (Å²) in [6.07, 6.45) is 4.63. The molecule has 7 nitrogen and oxygen atoms in total. The highest BCUT2D eigenvalue weighted by molar-refractivity contribution is 6.48.